The second-order valence-electron chi connectivity index (χ2n) is 6.79. The number of benzene rings is 3. The lowest BCUT2D eigenvalue weighted by atomic mass is 10.0. The molecule has 32 heavy (non-hydrogen) atoms. The standard InChI is InChI=1S/C24H17Cl3N4O/c25-21-8-5-18(6-9-21)17-1-3-20(4-2-17)24(14-31-16-28-15-29-31)30-32-12-11-19-7-10-22(26)13-23(19)27/h1-13,15-16H,14H2. The smallest absolute Gasteiger partial charge is 0.137 e. The predicted molar refractivity (Wildman–Crippen MR) is 130 cm³/mol. The highest BCUT2D eigenvalue weighted by Gasteiger charge is 2.08. The van der Waals surface area contributed by atoms with Crippen molar-refractivity contribution in [2.24, 2.45) is 5.16 Å². The fourth-order valence-corrected chi connectivity index (χ4v) is 3.57. The minimum atomic E-state index is 0.399. The van der Waals surface area contributed by atoms with Crippen molar-refractivity contribution in [3.8, 4) is 11.1 Å². The molecule has 8 heteroatoms. The summed E-state index contributed by atoms with van der Waals surface area (Å²) in [5.41, 5.74) is 4.51. The van der Waals surface area contributed by atoms with Gasteiger partial charge in [0.25, 0.3) is 0 Å². The second-order valence-corrected chi connectivity index (χ2v) is 8.07. The van der Waals surface area contributed by atoms with E-state index in [2.05, 4.69) is 15.2 Å². The molecule has 4 aromatic rings. The Bertz CT molecular complexity index is 1240. The Morgan fingerprint density at radius 1 is 0.906 bits per heavy atom. The highest BCUT2D eigenvalue weighted by atomic mass is 35.5. The molecule has 5 nitrogen and oxygen atoms in total. The van der Waals surface area contributed by atoms with Crippen LogP contribution in [-0.2, 0) is 11.4 Å². The van der Waals surface area contributed by atoms with Crippen LogP contribution in [0.25, 0.3) is 17.2 Å². The van der Waals surface area contributed by atoms with Crippen molar-refractivity contribution in [1.82, 2.24) is 14.8 Å². The molecular weight excluding hydrogens is 467 g/mol. The molecule has 0 radical (unpaired) electrons. The van der Waals surface area contributed by atoms with Crippen LogP contribution >= 0.6 is 34.8 Å². The molecule has 0 atom stereocenters. The van der Waals surface area contributed by atoms with Gasteiger partial charge in [-0.2, -0.15) is 5.10 Å². The summed E-state index contributed by atoms with van der Waals surface area (Å²) in [5, 5.41) is 10.3. The van der Waals surface area contributed by atoms with Gasteiger partial charge >= 0.3 is 0 Å². The first-order valence-corrected chi connectivity index (χ1v) is 10.7. The zero-order valence-electron chi connectivity index (χ0n) is 16.7. The molecule has 0 fully saturated rings. The van der Waals surface area contributed by atoms with E-state index in [0.717, 1.165) is 22.3 Å². The number of rotatable bonds is 7. The van der Waals surface area contributed by atoms with E-state index in [1.807, 2.05) is 48.5 Å². The van der Waals surface area contributed by atoms with E-state index in [1.54, 1.807) is 35.3 Å². The Morgan fingerprint density at radius 2 is 1.59 bits per heavy atom. The lowest BCUT2D eigenvalue weighted by Crippen LogP contribution is -2.12. The largest absolute Gasteiger partial charge is 0.364 e. The molecule has 0 unspecified atom stereocenters. The number of halogens is 3. The van der Waals surface area contributed by atoms with Gasteiger partial charge in [-0.1, -0.05) is 82.4 Å². The van der Waals surface area contributed by atoms with Gasteiger partial charge in [-0.15, -0.1) is 0 Å². The Labute approximate surface area is 200 Å². The molecule has 0 aliphatic heterocycles. The molecule has 3 aromatic carbocycles. The van der Waals surface area contributed by atoms with E-state index < -0.39 is 0 Å². The quantitative estimate of drug-likeness (QED) is 0.162. The van der Waals surface area contributed by atoms with Crippen molar-refractivity contribution in [3.05, 3.63) is 112 Å². The van der Waals surface area contributed by atoms with Gasteiger partial charge in [0.2, 0.25) is 0 Å². The van der Waals surface area contributed by atoms with Crippen LogP contribution in [0, 0.1) is 0 Å². The van der Waals surface area contributed by atoms with E-state index in [-0.39, 0.29) is 0 Å². The third kappa shape index (κ3) is 5.77. The maximum Gasteiger partial charge on any atom is 0.137 e. The van der Waals surface area contributed by atoms with E-state index in [4.69, 9.17) is 39.6 Å². The van der Waals surface area contributed by atoms with Crippen molar-refractivity contribution in [3.63, 3.8) is 0 Å². The van der Waals surface area contributed by atoms with Gasteiger partial charge < -0.3 is 4.84 Å². The maximum atomic E-state index is 6.18. The van der Waals surface area contributed by atoms with Crippen LogP contribution in [0.1, 0.15) is 11.1 Å². The molecule has 160 valence electrons. The van der Waals surface area contributed by atoms with Gasteiger partial charge in [0.05, 0.1) is 6.54 Å². The van der Waals surface area contributed by atoms with Crippen LogP contribution < -0.4 is 0 Å². The molecule has 0 saturated carbocycles. The zero-order chi connectivity index (χ0) is 22.3. The predicted octanol–water partition coefficient (Wildman–Crippen LogP) is 7.00. The van der Waals surface area contributed by atoms with Crippen LogP contribution in [0.15, 0.2) is 90.8 Å². The fraction of sp³-hybridized carbons (Fsp3) is 0.0417. The minimum Gasteiger partial charge on any atom is -0.364 e. The second kappa shape index (κ2) is 10.5. The molecule has 0 saturated heterocycles. The molecule has 4 rings (SSSR count). The van der Waals surface area contributed by atoms with Crippen LogP contribution in [0.3, 0.4) is 0 Å². The summed E-state index contributed by atoms with van der Waals surface area (Å²) >= 11 is 18.1. The highest BCUT2D eigenvalue weighted by molar-refractivity contribution is 6.35. The van der Waals surface area contributed by atoms with Crippen LogP contribution in [0.2, 0.25) is 15.1 Å². The molecule has 0 spiro atoms. The summed E-state index contributed by atoms with van der Waals surface area (Å²) in [7, 11) is 0. The van der Waals surface area contributed by atoms with Crippen molar-refractivity contribution >= 4 is 46.6 Å². The molecule has 1 aromatic heterocycles. The van der Waals surface area contributed by atoms with Gasteiger partial charge in [-0.3, -0.25) is 0 Å². The first-order valence-electron chi connectivity index (χ1n) is 9.61. The Morgan fingerprint density at radius 3 is 2.25 bits per heavy atom. The maximum absolute atomic E-state index is 6.18. The summed E-state index contributed by atoms with van der Waals surface area (Å²) in [6.45, 7) is 0.399. The van der Waals surface area contributed by atoms with E-state index in [0.29, 0.717) is 27.3 Å². The van der Waals surface area contributed by atoms with Gasteiger partial charge in [0.15, 0.2) is 0 Å². The van der Waals surface area contributed by atoms with Crippen LogP contribution in [0.4, 0.5) is 0 Å². The SMILES string of the molecule is Clc1ccc(-c2ccc(C(Cn3cncn3)=NOC=Cc3ccc(Cl)cc3Cl)cc2)cc1. The summed E-state index contributed by atoms with van der Waals surface area (Å²) in [6, 6.07) is 21.0. The van der Waals surface area contributed by atoms with Gasteiger partial charge in [0.1, 0.15) is 24.6 Å². The van der Waals surface area contributed by atoms with Crippen molar-refractivity contribution < 1.29 is 4.84 Å². The van der Waals surface area contributed by atoms with E-state index in [1.165, 1.54) is 12.6 Å². The monoisotopic (exact) mass is 482 g/mol. The van der Waals surface area contributed by atoms with Crippen LogP contribution in [-0.4, -0.2) is 20.5 Å². The number of oxime groups is 1. The fourth-order valence-electron chi connectivity index (χ4n) is 2.97. The lowest BCUT2D eigenvalue weighted by Gasteiger charge is -2.08. The average Bonchev–Trinajstić information content (AvgIpc) is 3.31. The third-order valence-corrected chi connectivity index (χ3v) is 5.42. The van der Waals surface area contributed by atoms with E-state index in [9.17, 15) is 0 Å². The van der Waals surface area contributed by atoms with E-state index >= 15 is 0 Å². The summed E-state index contributed by atoms with van der Waals surface area (Å²) in [6.07, 6.45) is 6.29. The zero-order valence-corrected chi connectivity index (χ0v) is 19.0. The number of hydrogen-bond acceptors (Lipinski definition) is 4. The molecule has 1 heterocycles. The van der Waals surface area contributed by atoms with Gasteiger partial charge in [-0.25, -0.2) is 9.67 Å². The molecule has 0 N–H and O–H groups in total. The van der Waals surface area contributed by atoms with Gasteiger partial charge in [-0.05, 0) is 47.0 Å². The summed E-state index contributed by atoms with van der Waals surface area (Å²) in [5.74, 6) is 0. The number of hydrogen-bond donors (Lipinski definition) is 0. The van der Waals surface area contributed by atoms with Crippen molar-refractivity contribution in [2.75, 3.05) is 0 Å². The molecule has 0 bridgehead atoms. The summed E-state index contributed by atoms with van der Waals surface area (Å²) < 4.78 is 1.68. The third-order valence-electron chi connectivity index (χ3n) is 4.61. The Kier molecular flexibility index (Phi) is 7.22. The molecule has 0 amide bonds. The van der Waals surface area contributed by atoms with Crippen LogP contribution in [0.5, 0.6) is 0 Å². The first-order chi connectivity index (χ1) is 15.6. The molecule has 0 aliphatic rings. The van der Waals surface area contributed by atoms with Crippen molar-refractivity contribution in [2.45, 2.75) is 6.54 Å². The molecular formula is C24H17Cl3N4O. The first kappa shape index (κ1) is 22.1. The van der Waals surface area contributed by atoms with Crippen molar-refractivity contribution in [1.29, 1.82) is 0 Å². The number of nitrogens with zero attached hydrogens (tertiary/aromatic N) is 4. The van der Waals surface area contributed by atoms with Gasteiger partial charge in [0, 0.05) is 20.6 Å². The Balaban J connectivity index is 1.54. The minimum absolute atomic E-state index is 0.399. The summed E-state index contributed by atoms with van der Waals surface area (Å²) in [4.78, 5) is 9.44. The lowest BCUT2D eigenvalue weighted by molar-refractivity contribution is 0.269. The normalized spacial score (nSPS) is 11.8. The Hall–Kier alpha value is -3.12. The molecule has 0 aliphatic carbocycles. The topological polar surface area (TPSA) is 52.3 Å². The average molecular weight is 484 g/mol. The number of aromatic nitrogens is 3. The highest BCUT2D eigenvalue weighted by Crippen LogP contribution is 2.23.